The summed E-state index contributed by atoms with van der Waals surface area (Å²) in [5, 5.41) is 13.3. The van der Waals surface area contributed by atoms with E-state index in [1.807, 2.05) is 19.9 Å². The first-order chi connectivity index (χ1) is 18.3. The topological polar surface area (TPSA) is 98.8 Å². The van der Waals surface area contributed by atoms with Gasteiger partial charge >= 0.3 is 0 Å². The third-order valence-corrected chi connectivity index (χ3v) is 8.29. The Kier molecular flexibility index (Phi) is 7.56. The van der Waals surface area contributed by atoms with Gasteiger partial charge in [0.15, 0.2) is 11.6 Å². The zero-order chi connectivity index (χ0) is 26.9. The maximum Gasteiger partial charge on any atom is 0.229 e. The van der Waals surface area contributed by atoms with Crippen molar-refractivity contribution in [2.24, 2.45) is 5.41 Å². The number of halogens is 2. The van der Waals surface area contributed by atoms with Crippen LogP contribution in [0.15, 0.2) is 24.4 Å². The SMILES string of the molecule is CCCC1(C(=O)N2CCC(c3cc(F)c(Nc4ncc(Cl)c(Nc5cc(C)[nH]n5)n4)cc3C)CC2)CCC1. The molecule has 202 valence electrons. The summed E-state index contributed by atoms with van der Waals surface area (Å²) >= 11 is 6.25. The zero-order valence-electron chi connectivity index (χ0n) is 22.2. The van der Waals surface area contributed by atoms with Gasteiger partial charge in [-0.1, -0.05) is 31.4 Å². The molecule has 5 rings (SSSR count). The van der Waals surface area contributed by atoms with Gasteiger partial charge in [0.25, 0.3) is 0 Å². The van der Waals surface area contributed by atoms with Crippen LogP contribution in [0.5, 0.6) is 0 Å². The van der Waals surface area contributed by atoms with Gasteiger partial charge in [0, 0.05) is 30.3 Å². The average molecular weight is 540 g/mol. The summed E-state index contributed by atoms with van der Waals surface area (Å²) in [6.45, 7) is 7.52. The standard InChI is InChI=1S/C28H35ClFN7O/c1-4-8-28(9-5-10-28)26(38)37-11-6-19(7-12-37)20-15-22(30)23(13-17(20)2)32-27-31-16-21(29)25(34-27)33-24-14-18(3)35-36-24/h13-16,19H,4-12H2,1-3H3,(H3,31,32,33,34,35,36). The summed E-state index contributed by atoms with van der Waals surface area (Å²) in [7, 11) is 0. The quantitative estimate of drug-likeness (QED) is 0.292. The van der Waals surface area contributed by atoms with Gasteiger partial charge in [-0.25, -0.2) is 9.37 Å². The third-order valence-electron chi connectivity index (χ3n) is 8.01. The fraction of sp³-hybridized carbons (Fsp3) is 0.500. The number of aromatic amines is 1. The Hall–Kier alpha value is -3.20. The molecular formula is C28H35ClFN7O. The molecule has 0 unspecified atom stereocenters. The molecule has 1 amide bonds. The summed E-state index contributed by atoms with van der Waals surface area (Å²) in [6, 6.07) is 5.24. The van der Waals surface area contributed by atoms with Crippen LogP contribution < -0.4 is 10.6 Å². The van der Waals surface area contributed by atoms with Crippen LogP contribution in [0.25, 0.3) is 0 Å². The summed E-state index contributed by atoms with van der Waals surface area (Å²) < 4.78 is 15.3. The molecule has 0 atom stereocenters. The van der Waals surface area contributed by atoms with Crippen molar-refractivity contribution in [3.63, 3.8) is 0 Å². The number of hydrogen-bond acceptors (Lipinski definition) is 6. The Morgan fingerprint density at radius 1 is 1.21 bits per heavy atom. The van der Waals surface area contributed by atoms with E-state index in [0.717, 1.165) is 74.9 Å². The minimum absolute atomic E-state index is 0.118. The van der Waals surface area contributed by atoms with Crippen molar-refractivity contribution in [2.45, 2.75) is 71.6 Å². The van der Waals surface area contributed by atoms with E-state index in [0.29, 0.717) is 28.3 Å². The lowest BCUT2D eigenvalue weighted by atomic mass is 9.65. The van der Waals surface area contributed by atoms with Gasteiger partial charge in [0.05, 0.1) is 11.9 Å². The number of rotatable bonds is 8. The lowest BCUT2D eigenvalue weighted by molar-refractivity contribution is -0.149. The highest BCUT2D eigenvalue weighted by Gasteiger charge is 2.45. The number of nitrogens with zero attached hydrogens (tertiary/aromatic N) is 4. The Labute approximate surface area is 227 Å². The largest absolute Gasteiger partial charge is 0.342 e. The smallest absolute Gasteiger partial charge is 0.229 e. The highest BCUT2D eigenvalue weighted by molar-refractivity contribution is 6.32. The molecule has 1 saturated carbocycles. The number of piperidine rings is 1. The Balaban J connectivity index is 1.25. The van der Waals surface area contributed by atoms with Crippen LogP contribution in [0.4, 0.5) is 27.7 Å². The van der Waals surface area contributed by atoms with Gasteiger partial charge in [-0.3, -0.25) is 9.89 Å². The fourth-order valence-electron chi connectivity index (χ4n) is 5.85. The van der Waals surface area contributed by atoms with Crippen LogP contribution in [0.2, 0.25) is 5.02 Å². The summed E-state index contributed by atoms with van der Waals surface area (Å²) in [5.74, 6) is 1.36. The first kappa shape index (κ1) is 26.4. The van der Waals surface area contributed by atoms with E-state index in [4.69, 9.17) is 11.6 Å². The Morgan fingerprint density at radius 2 is 1.97 bits per heavy atom. The number of aryl methyl sites for hydroxylation is 2. The number of hydrogen-bond donors (Lipinski definition) is 3. The first-order valence-electron chi connectivity index (χ1n) is 13.5. The minimum atomic E-state index is -0.364. The van der Waals surface area contributed by atoms with E-state index in [2.05, 4.69) is 42.6 Å². The number of carbonyl (C=O) groups is 1. The Morgan fingerprint density at radius 3 is 2.61 bits per heavy atom. The lowest BCUT2D eigenvalue weighted by Gasteiger charge is -2.45. The fourth-order valence-corrected chi connectivity index (χ4v) is 5.99. The maximum absolute atomic E-state index is 15.3. The minimum Gasteiger partial charge on any atom is -0.342 e. The normalized spacial score (nSPS) is 17.2. The zero-order valence-corrected chi connectivity index (χ0v) is 23.0. The highest BCUT2D eigenvalue weighted by atomic mass is 35.5. The third kappa shape index (κ3) is 5.34. The molecule has 1 aliphatic heterocycles. The molecule has 0 radical (unpaired) electrons. The molecule has 2 aromatic heterocycles. The predicted molar refractivity (Wildman–Crippen MR) is 148 cm³/mol. The van der Waals surface area contributed by atoms with Gasteiger partial charge < -0.3 is 15.5 Å². The van der Waals surface area contributed by atoms with Crippen LogP contribution in [0, 0.1) is 25.1 Å². The molecule has 1 aliphatic carbocycles. The summed E-state index contributed by atoms with van der Waals surface area (Å²) in [5.41, 5.74) is 3.08. The molecule has 0 bridgehead atoms. The van der Waals surface area contributed by atoms with Gasteiger partial charge in [0.1, 0.15) is 10.8 Å². The number of H-pyrrole nitrogens is 1. The second-order valence-corrected chi connectivity index (χ2v) is 11.1. The van der Waals surface area contributed by atoms with E-state index >= 15 is 4.39 Å². The van der Waals surface area contributed by atoms with Crippen molar-refractivity contribution < 1.29 is 9.18 Å². The van der Waals surface area contributed by atoms with Crippen molar-refractivity contribution in [3.05, 3.63) is 52.1 Å². The van der Waals surface area contributed by atoms with Crippen LogP contribution in [-0.4, -0.2) is 44.1 Å². The molecular weight excluding hydrogens is 505 g/mol. The van der Waals surface area contributed by atoms with Crippen LogP contribution in [-0.2, 0) is 4.79 Å². The van der Waals surface area contributed by atoms with E-state index in [9.17, 15) is 4.79 Å². The van der Waals surface area contributed by atoms with Gasteiger partial charge in [0.2, 0.25) is 11.9 Å². The molecule has 38 heavy (non-hydrogen) atoms. The van der Waals surface area contributed by atoms with Gasteiger partial charge in [-0.05, 0) is 75.1 Å². The number of aromatic nitrogens is 4. The molecule has 1 saturated heterocycles. The second kappa shape index (κ2) is 10.9. The number of likely N-dealkylation sites (tertiary alicyclic amines) is 1. The lowest BCUT2D eigenvalue weighted by Crippen LogP contribution is -2.50. The second-order valence-electron chi connectivity index (χ2n) is 10.7. The highest BCUT2D eigenvalue weighted by Crippen LogP contribution is 2.47. The number of anilines is 4. The van der Waals surface area contributed by atoms with E-state index in [1.54, 1.807) is 12.1 Å². The molecule has 3 heterocycles. The molecule has 1 aromatic carbocycles. The van der Waals surface area contributed by atoms with Crippen LogP contribution >= 0.6 is 11.6 Å². The summed E-state index contributed by atoms with van der Waals surface area (Å²) in [6.07, 6.45) is 8.40. The number of carbonyl (C=O) groups excluding carboxylic acids is 1. The van der Waals surface area contributed by atoms with Gasteiger partial charge in [-0.15, -0.1) is 0 Å². The molecule has 0 spiro atoms. The molecule has 3 aromatic rings. The molecule has 2 aliphatic rings. The molecule has 8 nitrogen and oxygen atoms in total. The van der Waals surface area contributed by atoms with E-state index < -0.39 is 0 Å². The maximum atomic E-state index is 15.3. The van der Waals surface area contributed by atoms with Crippen molar-refractivity contribution in [3.8, 4) is 0 Å². The van der Waals surface area contributed by atoms with Crippen LogP contribution in [0.1, 0.15) is 74.6 Å². The van der Waals surface area contributed by atoms with E-state index in [-0.39, 0.29) is 23.1 Å². The average Bonchev–Trinajstić information content (AvgIpc) is 3.29. The monoisotopic (exact) mass is 539 g/mol. The molecule has 3 N–H and O–H groups in total. The predicted octanol–water partition coefficient (Wildman–Crippen LogP) is 6.77. The van der Waals surface area contributed by atoms with Crippen molar-refractivity contribution >= 4 is 40.8 Å². The van der Waals surface area contributed by atoms with Crippen molar-refractivity contribution in [2.75, 3.05) is 23.7 Å². The number of nitrogens with one attached hydrogen (secondary N) is 3. The van der Waals surface area contributed by atoms with Gasteiger partial charge in [-0.2, -0.15) is 10.1 Å². The first-order valence-corrected chi connectivity index (χ1v) is 13.8. The number of amides is 1. The number of benzene rings is 1. The Bertz CT molecular complexity index is 1310. The van der Waals surface area contributed by atoms with Crippen molar-refractivity contribution in [1.29, 1.82) is 0 Å². The van der Waals surface area contributed by atoms with Crippen molar-refractivity contribution in [1.82, 2.24) is 25.1 Å². The van der Waals surface area contributed by atoms with E-state index in [1.165, 1.54) is 6.20 Å². The summed E-state index contributed by atoms with van der Waals surface area (Å²) in [4.78, 5) is 23.9. The molecule has 10 heteroatoms. The van der Waals surface area contributed by atoms with Crippen LogP contribution in [0.3, 0.4) is 0 Å². The molecule has 2 fully saturated rings.